The first-order valence-corrected chi connectivity index (χ1v) is 9.09. The summed E-state index contributed by atoms with van der Waals surface area (Å²) in [6, 6.07) is 11.0. The van der Waals surface area contributed by atoms with Gasteiger partial charge in [-0.05, 0) is 24.3 Å². The van der Waals surface area contributed by atoms with Gasteiger partial charge in [-0.1, -0.05) is 35.5 Å². The molecule has 128 valence electrons. The number of rotatable bonds is 5. The van der Waals surface area contributed by atoms with E-state index in [4.69, 9.17) is 20.8 Å². The van der Waals surface area contributed by atoms with Crippen molar-refractivity contribution in [2.75, 3.05) is 18.8 Å². The van der Waals surface area contributed by atoms with E-state index in [1.807, 2.05) is 24.3 Å². The minimum absolute atomic E-state index is 0.0271. The number of hydrogen-bond donors (Lipinski definition) is 0. The first-order chi connectivity index (χ1) is 12.2. The molecule has 1 aliphatic rings. The number of oxazole rings is 1. The van der Waals surface area contributed by atoms with Crippen LogP contribution in [0.3, 0.4) is 0 Å². The van der Waals surface area contributed by atoms with Crippen molar-refractivity contribution >= 4 is 40.4 Å². The van der Waals surface area contributed by atoms with Crippen molar-refractivity contribution in [1.29, 1.82) is 0 Å². The molecule has 1 saturated heterocycles. The van der Waals surface area contributed by atoms with Gasteiger partial charge in [-0.2, -0.15) is 0 Å². The lowest BCUT2D eigenvalue weighted by atomic mass is 10.2. The maximum Gasteiger partial charge on any atom is 0.257 e. The molecular formula is C17H14ClN3O3S. The van der Waals surface area contributed by atoms with Gasteiger partial charge in [0.1, 0.15) is 16.6 Å². The predicted octanol–water partition coefficient (Wildman–Crippen LogP) is 3.26. The van der Waals surface area contributed by atoms with Crippen molar-refractivity contribution in [3.63, 3.8) is 0 Å². The summed E-state index contributed by atoms with van der Waals surface area (Å²) in [4.78, 5) is 22.4. The topological polar surface area (TPSA) is 68.5 Å². The lowest BCUT2D eigenvalue weighted by Gasteiger charge is -2.38. The number of benzene rings is 1. The predicted molar refractivity (Wildman–Crippen MR) is 95.0 cm³/mol. The zero-order valence-electron chi connectivity index (χ0n) is 13.1. The standard InChI is InChI=1S/C17H14ClN3O3S/c18-12-4-3-7-19-16(12)23-11-8-21(9-11)15(22)10-25-17-20-13-5-1-2-6-14(13)24-17/h1-7,11H,8-10H2. The number of ether oxygens (including phenoxy) is 1. The summed E-state index contributed by atoms with van der Waals surface area (Å²) < 4.78 is 11.3. The van der Waals surface area contributed by atoms with Gasteiger partial charge >= 0.3 is 0 Å². The molecule has 0 atom stereocenters. The highest BCUT2D eigenvalue weighted by atomic mass is 35.5. The second-order valence-corrected chi connectivity index (χ2v) is 6.90. The summed E-state index contributed by atoms with van der Waals surface area (Å²) in [5, 5.41) is 0.974. The summed E-state index contributed by atoms with van der Waals surface area (Å²) in [6.45, 7) is 1.06. The summed E-state index contributed by atoms with van der Waals surface area (Å²) in [7, 11) is 0. The highest BCUT2D eigenvalue weighted by Gasteiger charge is 2.33. The molecule has 0 spiro atoms. The zero-order chi connectivity index (χ0) is 17.2. The van der Waals surface area contributed by atoms with Crippen LogP contribution in [0.25, 0.3) is 11.1 Å². The van der Waals surface area contributed by atoms with Gasteiger partial charge in [0.25, 0.3) is 5.22 Å². The van der Waals surface area contributed by atoms with Gasteiger partial charge in [0.05, 0.1) is 18.8 Å². The summed E-state index contributed by atoms with van der Waals surface area (Å²) in [5.74, 6) is 0.713. The number of carbonyl (C=O) groups is 1. The van der Waals surface area contributed by atoms with E-state index in [9.17, 15) is 4.79 Å². The van der Waals surface area contributed by atoms with E-state index in [0.717, 1.165) is 11.1 Å². The fourth-order valence-corrected chi connectivity index (χ4v) is 3.37. The molecule has 1 fully saturated rings. The molecular weight excluding hydrogens is 362 g/mol. The van der Waals surface area contributed by atoms with Crippen LogP contribution in [0.15, 0.2) is 52.2 Å². The Morgan fingerprint density at radius 3 is 2.96 bits per heavy atom. The maximum atomic E-state index is 12.2. The fourth-order valence-electron chi connectivity index (χ4n) is 2.46. The van der Waals surface area contributed by atoms with Crippen LogP contribution < -0.4 is 4.74 Å². The average molecular weight is 376 g/mol. The van der Waals surface area contributed by atoms with Crippen molar-refractivity contribution in [2.24, 2.45) is 0 Å². The highest BCUT2D eigenvalue weighted by molar-refractivity contribution is 7.99. The van der Waals surface area contributed by atoms with Crippen LogP contribution in [0.4, 0.5) is 0 Å². The zero-order valence-corrected chi connectivity index (χ0v) is 14.7. The number of fused-ring (bicyclic) bond motifs is 1. The van der Waals surface area contributed by atoms with Crippen molar-refractivity contribution < 1.29 is 13.9 Å². The van der Waals surface area contributed by atoms with Crippen molar-refractivity contribution in [2.45, 2.75) is 11.3 Å². The molecule has 4 rings (SSSR count). The number of para-hydroxylation sites is 2. The SMILES string of the molecule is O=C(CSc1nc2ccccc2o1)N1CC(Oc2ncccc2Cl)C1. The third-order valence-electron chi connectivity index (χ3n) is 3.80. The third-order valence-corrected chi connectivity index (χ3v) is 4.90. The Balaban J connectivity index is 1.26. The number of aromatic nitrogens is 2. The summed E-state index contributed by atoms with van der Waals surface area (Å²) in [6.07, 6.45) is 1.55. The number of carbonyl (C=O) groups excluding carboxylic acids is 1. The van der Waals surface area contributed by atoms with E-state index in [0.29, 0.717) is 29.2 Å². The molecule has 1 aromatic carbocycles. The van der Waals surface area contributed by atoms with Gasteiger partial charge in [0, 0.05) is 6.20 Å². The van der Waals surface area contributed by atoms with Crippen LogP contribution in [0.2, 0.25) is 5.02 Å². The number of pyridine rings is 1. The Hall–Kier alpha value is -2.25. The summed E-state index contributed by atoms with van der Waals surface area (Å²) >= 11 is 7.31. The summed E-state index contributed by atoms with van der Waals surface area (Å²) in [5.41, 5.74) is 1.52. The number of hydrogen-bond acceptors (Lipinski definition) is 6. The molecule has 25 heavy (non-hydrogen) atoms. The monoisotopic (exact) mass is 375 g/mol. The molecule has 0 saturated carbocycles. The molecule has 0 unspecified atom stereocenters. The van der Waals surface area contributed by atoms with E-state index < -0.39 is 0 Å². The Kier molecular flexibility index (Phi) is 4.50. The number of likely N-dealkylation sites (tertiary alicyclic amines) is 1. The lowest BCUT2D eigenvalue weighted by Crippen LogP contribution is -2.56. The number of halogens is 1. The van der Waals surface area contributed by atoms with Crippen LogP contribution in [-0.4, -0.2) is 45.7 Å². The molecule has 2 aromatic heterocycles. The molecule has 8 heteroatoms. The van der Waals surface area contributed by atoms with Gasteiger partial charge in [-0.15, -0.1) is 0 Å². The quantitative estimate of drug-likeness (QED) is 0.637. The molecule has 0 bridgehead atoms. The molecule has 1 amide bonds. The molecule has 3 heterocycles. The number of thioether (sulfide) groups is 1. The van der Waals surface area contributed by atoms with Gasteiger partial charge < -0.3 is 14.1 Å². The van der Waals surface area contributed by atoms with E-state index >= 15 is 0 Å². The number of nitrogens with zero attached hydrogens (tertiary/aromatic N) is 3. The highest BCUT2D eigenvalue weighted by Crippen LogP contribution is 2.26. The molecule has 0 radical (unpaired) electrons. The van der Waals surface area contributed by atoms with Gasteiger partial charge in [0.15, 0.2) is 5.58 Å². The van der Waals surface area contributed by atoms with Crippen LogP contribution in [0, 0.1) is 0 Å². The lowest BCUT2D eigenvalue weighted by molar-refractivity contribution is -0.137. The smallest absolute Gasteiger partial charge is 0.257 e. The van der Waals surface area contributed by atoms with Gasteiger partial charge in [-0.3, -0.25) is 4.79 Å². The van der Waals surface area contributed by atoms with Crippen LogP contribution in [-0.2, 0) is 4.79 Å². The molecule has 0 N–H and O–H groups in total. The number of amides is 1. The largest absolute Gasteiger partial charge is 0.470 e. The van der Waals surface area contributed by atoms with Crippen LogP contribution in [0.5, 0.6) is 5.88 Å². The molecule has 3 aromatic rings. The molecule has 0 aliphatic carbocycles. The Morgan fingerprint density at radius 2 is 2.16 bits per heavy atom. The van der Waals surface area contributed by atoms with Crippen molar-refractivity contribution in [3.05, 3.63) is 47.6 Å². The second-order valence-electron chi connectivity index (χ2n) is 5.57. The van der Waals surface area contributed by atoms with Gasteiger partial charge in [-0.25, -0.2) is 9.97 Å². The van der Waals surface area contributed by atoms with E-state index in [1.54, 1.807) is 23.2 Å². The van der Waals surface area contributed by atoms with E-state index in [2.05, 4.69) is 9.97 Å². The van der Waals surface area contributed by atoms with Gasteiger partial charge in [0.2, 0.25) is 11.8 Å². The molecule has 6 nitrogen and oxygen atoms in total. The maximum absolute atomic E-state index is 12.2. The average Bonchev–Trinajstić information content (AvgIpc) is 3.00. The van der Waals surface area contributed by atoms with E-state index in [1.165, 1.54) is 11.8 Å². The normalized spacial score (nSPS) is 14.5. The third kappa shape index (κ3) is 3.57. The van der Waals surface area contributed by atoms with E-state index in [-0.39, 0.29) is 17.8 Å². The van der Waals surface area contributed by atoms with Crippen molar-refractivity contribution in [3.8, 4) is 5.88 Å². The first-order valence-electron chi connectivity index (χ1n) is 7.72. The second kappa shape index (κ2) is 6.93. The minimum Gasteiger partial charge on any atom is -0.470 e. The Labute approximate surface area is 153 Å². The fraction of sp³-hybridized carbons (Fsp3) is 0.235. The Morgan fingerprint density at radius 1 is 1.32 bits per heavy atom. The Bertz CT molecular complexity index is 878. The first kappa shape index (κ1) is 16.2. The van der Waals surface area contributed by atoms with Crippen molar-refractivity contribution in [1.82, 2.24) is 14.9 Å². The van der Waals surface area contributed by atoms with Crippen LogP contribution in [0.1, 0.15) is 0 Å². The van der Waals surface area contributed by atoms with Crippen LogP contribution >= 0.6 is 23.4 Å². The molecule has 1 aliphatic heterocycles. The minimum atomic E-state index is -0.0781.